The molecular formula is C14H12N2O. The first-order valence-corrected chi connectivity index (χ1v) is 5.48. The fourth-order valence-electron chi connectivity index (χ4n) is 2.36. The number of hydrogen-bond donors (Lipinski definition) is 2. The van der Waals surface area contributed by atoms with Crippen molar-refractivity contribution in [3.8, 4) is 0 Å². The lowest BCUT2D eigenvalue weighted by Gasteiger charge is -2.21. The smallest absolute Gasteiger partial charge is 0.195 e. The molecule has 3 heteroatoms. The van der Waals surface area contributed by atoms with Gasteiger partial charge < -0.3 is 11.5 Å². The lowest BCUT2D eigenvalue weighted by Crippen LogP contribution is -2.18. The maximum atomic E-state index is 12.3. The predicted molar refractivity (Wildman–Crippen MR) is 67.9 cm³/mol. The third-order valence-corrected chi connectivity index (χ3v) is 3.24. The van der Waals surface area contributed by atoms with E-state index in [9.17, 15) is 4.79 Å². The lowest BCUT2D eigenvalue weighted by atomic mass is 9.83. The van der Waals surface area contributed by atoms with Crippen LogP contribution >= 0.6 is 0 Å². The SMILES string of the molecule is Nc1ccc(N)c2c1Cc1ccccc1C2=O. The van der Waals surface area contributed by atoms with Gasteiger partial charge in [0.2, 0.25) is 0 Å². The maximum absolute atomic E-state index is 12.3. The van der Waals surface area contributed by atoms with Gasteiger partial charge in [0.15, 0.2) is 5.78 Å². The van der Waals surface area contributed by atoms with Gasteiger partial charge in [-0.2, -0.15) is 0 Å². The number of nitrogens with two attached hydrogens (primary N) is 2. The van der Waals surface area contributed by atoms with E-state index in [1.807, 2.05) is 24.3 Å². The van der Waals surface area contributed by atoms with Crippen LogP contribution in [0.3, 0.4) is 0 Å². The molecule has 0 saturated heterocycles. The highest BCUT2D eigenvalue weighted by Gasteiger charge is 2.26. The van der Waals surface area contributed by atoms with Gasteiger partial charge in [-0.1, -0.05) is 24.3 Å². The summed E-state index contributed by atoms with van der Waals surface area (Å²) in [5.41, 5.74) is 16.1. The maximum Gasteiger partial charge on any atom is 0.195 e. The molecule has 0 bridgehead atoms. The molecular weight excluding hydrogens is 212 g/mol. The van der Waals surface area contributed by atoms with E-state index in [0.29, 0.717) is 23.4 Å². The Morgan fingerprint density at radius 2 is 1.65 bits per heavy atom. The fourth-order valence-corrected chi connectivity index (χ4v) is 2.36. The Balaban J connectivity index is 2.30. The molecule has 0 radical (unpaired) electrons. The summed E-state index contributed by atoms with van der Waals surface area (Å²) >= 11 is 0. The third-order valence-electron chi connectivity index (χ3n) is 3.24. The Morgan fingerprint density at radius 1 is 0.941 bits per heavy atom. The van der Waals surface area contributed by atoms with Crippen molar-refractivity contribution < 1.29 is 4.79 Å². The minimum absolute atomic E-state index is 0.0216. The highest BCUT2D eigenvalue weighted by Crippen LogP contribution is 2.33. The first-order valence-electron chi connectivity index (χ1n) is 5.48. The van der Waals surface area contributed by atoms with Crippen molar-refractivity contribution >= 4 is 17.2 Å². The number of benzene rings is 2. The van der Waals surface area contributed by atoms with E-state index >= 15 is 0 Å². The first kappa shape index (κ1) is 9.90. The van der Waals surface area contributed by atoms with Crippen LogP contribution in [0.25, 0.3) is 0 Å². The molecule has 3 nitrogen and oxygen atoms in total. The van der Waals surface area contributed by atoms with Gasteiger partial charge in [-0.15, -0.1) is 0 Å². The lowest BCUT2D eigenvalue weighted by molar-refractivity contribution is 0.103. The van der Waals surface area contributed by atoms with Gasteiger partial charge in [-0.05, 0) is 23.3 Å². The summed E-state index contributed by atoms with van der Waals surface area (Å²) < 4.78 is 0. The van der Waals surface area contributed by atoms with E-state index in [4.69, 9.17) is 11.5 Å². The minimum Gasteiger partial charge on any atom is -0.398 e. The fraction of sp³-hybridized carbons (Fsp3) is 0.0714. The molecule has 0 aromatic heterocycles. The molecule has 0 atom stereocenters. The van der Waals surface area contributed by atoms with Crippen molar-refractivity contribution in [1.29, 1.82) is 0 Å². The van der Waals surface area contributed by atoms with Gasteiger partial charge in [0.05, 0.1) is 5.56 Å². The Morgan fingerprint density at radius 3 is 2.47 bits per heavy atom. The summed E-state index contributed by atoms with van der Waals surface area (Å²) in [6, 6.07) is 11.0. The number of anilines is 2. The first-order chi connectivity index (χ1) is 8.18. The van der Waals surface area contributed by atoms with Gasteiger partial charge in [-0.3, -0.25) is 4.79 Å². The quantitative estimate of drug-likeness (QED) is 0.574. The Labute approximate surface area is 99.1 Å². The molecule has 84 valence electrons. The van der Waals surface area contributed by atoms with E-state index in [1.54, 1.807) is 12.1 Å². The number of ketones is 1. The molecule has 3 rings (SSSR count). The van der Waals surface area contributed by atoms with Crippen LogP contribution in [0, 0.1) is 0 Å². The second-order valence-corrected chi connectivity index (χ2v) is 4.26. The van der Waals surface area contributed by atoms with Crippen molar-refractivity contribution in [2.75, 3.05) is 11.5 Å². The topological polar surface area (TPSA) is 69.1 Å². The van der Waals surface area contributed by atoms with Crippen LogP contribution < -0.4 is 11.5 Å². The predicted octanol–water partition coefficient (Wildman–Crippen LogP) is 1.99. The molecule has 0 unspecified atom stereocenters. The van der Waals surface area contributed by atoms with E-state index in [2.05, 4.69) is 0 Å². The zero-order valence-corrected chi connectivity index (χ0v) is 9.23. The third kappa shape index (κ3) is 1.32. The van der Waals surface area contributed by atoms with E-state index < -0.39 is 0 Å². The molecule has 2 aromatic carbocycles. The van der Waals surface area contributed by atoms with E-state index in [-0.39, 0.29) is 5.78 Å². The molecule has 0 amide bonds. The van der Waals surface area contributed by atoms with Crippen LogP contribution in [0.5, 0.6) is 0 Å². The van der Waals surface area contributed by atoms with Crippen molar-refractivity contribution in [1.82, 2.24) is 0 Å². The average molecular weight is 224 g/mol. The summed E-state index contributed by atoms with van der Waals surface area (Å²) in [6.07, 6.45) is 0.675. The molecule has 0 saturated carbocycles. The minimum atomic E-state index is -0.0216. The zero-order chi connectivity index (χ0) is 12.0. The van der Waals surface area contributed by atoms with Crippen molar-refractivity contribution in [3.05, 3.63) is 58.7 Å². The zero-order valence-electron chi connectivity index (χ0n) is 9.23. The van der Waals surface area contributed by atoms with Crippen LogP contribution in [0.15, 0.2) is 36.4 Å². The number of rotatable bonds is 0. The van der Waals surface area contributed by atoms with Crippen molar-refractivity contribution in [3.63, 3.8) is 0 Å². The van der Waals surface area contributed by atoms with Gasteiger partial charge in [0.1, 0.15) is 0 Å². The molecule has 1 aliphatic rings. The Kier molecular flexibility index (Phi) is 1.95. The molecule has 1 aliphatic carbocycles. The summed E-state index contributed by atoms with van der Waals surface area (Å²) in [5, 5.41) is 0. The Hall–Kier alpha value is -2.29. The van der Waals surface area contributed by atoms with Crippen LogP contribution in [0.2, 0.25) is 0 Å². The van der Waals surface area contributed by atoms with Crippen molar-refractivity contribution in [2.45, 2.75) is 6.42 Å². The van der Waals surface area contributed by atoms with Crippen LogP contribution in [-0.4, -0.2) is 5.78 Å². The molecule has 0 heterocycles. The number of fused-ring (bicyclic) bond motifs is 2. The molecule has 4 N–H and O–H groups in total. The molecule has 0 spiro atoms. The standard InChI is InChI=1S/C14H12N2O/c15-11-5-6-12(16)13-10(11)7-8-3-1-2-4-9(8)14(13)17/h1-6H,7,15-16H2. The second-order valence-electron chi connectivity index (χ2n) is 4.26. The van der Waals surface area contributed by atoms with Crippen LogP contribution in [0.4, 0.5) is 11.4 Å². The van der Waals surface area contributed by atoms with Gasteiger partial charge in [0, 0.05) is 23.4 Å². The van der Waals surface area contributed by atoms with Crippen molar-refractivity contribution in [2.24, 2.45) is 0 Å². The summed E-state index contributed by atoms with van der Waals surface area (Å²) in [6.45, 7) is 0. The van der Waals surface area contributed by atoms with Gasteiger partial charge >= 0.3 is 0 Å². The summed E-state index contributed by atoms with van der Waals surface area (Å²) in [5.74, 6) is -0.0216. The number of nitrogen functional groups attached to an aromatic ring is 2. The largest absolute Gasteiger partial charge is 0.398 e. The van der Waals surface area contributed by atoms with Crippen LogP contribution in [-0.2, 0) is 6.42 Å². The molecule has 17 heavy (non-hydrogen) atoms. The van der Waals surface area contributed by atoms with Gasteiger partial charge in [0.25, 0.3) is 0 Å². The molecule has 0 aliphatic heterocycles. The summed E-state index contributed by atoms with van der Waals surface area (Å²) in [4.78, 5) is 12.3. The Bertz CT molecular complexity index is 632. The number of carbonyl (C=O) groups is 1. The summed E-state index contributed by atoms with van der Waals surface area (Å²) in [7, 11) is 0. The molecule has 0 fully saturated rings. The van der Waals surface area contributed by atoms with E-state index in [1.165, 1.54) is 0 Å². The van der Waals surface area contributed by atoms with E-state index in [0.717, 1.165) is 16.7 Å². The van der Waals surface area contributed by atoms with Gasteiger partial charge in [-0.25, -0.2) is 0 Å². The highest BCUT2D eigenvalue weighted by molar-refractivity contribution is 6.16. The second kappa shape index (κ2) is 3.35. The number of carbonyl (C=O) groups excluding carboxylic acids is 1. The monoisotopic (exact) mass is 224 g/mol. The normalized spacial score (nSPS) is 13.1. The van der Waals surface area contributed by atoms with Crippen LogP contribution in [0.1, 0.15) is 27.0 Å². The average Bonchev–Trinajstić information content (AvgIpc) is 2.34. The molecule has 2 aromatic rings. The highest BCUT2D eigenvalue weighted by atomic mass is 16.1. The number of hydrogen-bond acceptors (Lipinski definition) is 3.